The van der Waals surface area contributed by atoms with Crippen LogP contribution in [-0.2, 0) is 22.2 Å². The Morgan fingerprint density at radius 2 is 2.09 bits per heavy atom. The van der Waals surface area contributed by atoms with Gasteiger partial charge in [0.05, 0.1) is 9.92 Å². The number of carbonyl (C=O) groups excluding carboxylic acids is 1. The molecule has 0 saturated heterocycles. The Hall–Kier alpha value is -1.99. The molecule has 0 saturated carbocycles. The van der Waals surface area contributed by atoms with Gasteiger partial charge in [-0.15, -0.1) is 0 Å². The van der Waals surface area contributed by atoms with Gasteiger partial charge in [0.2, 0.25) is 11.9 Å². The highest BCUT2D eigenvalue weighted by atomic mass is 35.5. The van der Waals surface area contributed by atoms with E-state index in [4.69, 9.17) is 11.6 Å². The van der Waals surface area contributed by atoms with E-state index in [9.17, 15) is 9.00 Å². The molecule has 114 valence electrons. The Labute approximate surface area is 135 Å². The number of amides is 1. The van der Waals surface area contributed by atoms with Crippen molar-refractivity contribution in [1.82, 2.24) is 9.97 Å². The van der Waals surface area contributed by atoms with Crippen LogP contribution < -0.4 is 9.62 Å². The number of rotatable bonds is 3. The molecular formula is C14H13ClN4O2S. The Morgan fingerprint density at radius 1 is 1.36 bits per heavy atom. The minimum atomic E-state index is -1.61. The number of hydrogen-bond donors (Lipinski definition) is 1. The minimum absolute atomic E-state index is 0.0443. The number of anilines is 2. The third-order valence-corrected chi connectivity index (χ3v) is 4.89. The van der Waals surface area contributed by atoms with Crippen molar-refractivity contribution in [2.24, 2.45) is 0 Å². The van der Waals surface area contributed by atoms with Crippen LogP contribution in [0.5, 0.6) is 0 Å². The second-order valence-corrected chi connectivity index (χ2v) is 6.36. The maximum Gasteiger partial charge on any atom is 0.234 e. The molecule has 0 bridgehead atoms. The summed E-state index contributed by atoms with van der Waals surface area (Å²) in [4.78, 5) is 21.6. The van der Waals surface area contributed by atoms with Crippen molar-refractivity contribution in [3.63, 3.8) is 0 Å². The van der Waals surface area contributed by atoms with Crippen LogP contribution in [-0.4, -0.2) is 26.6 Å². The molecule has 0 spiro atoms. The Morgan fingerprint density at radius 3 is 2.77 bits per heavy atom. The van der Waals surface area contributed by atoms with Gasteiger partial charge in [0, 0.05) is 31.5 Å². The lowest BCUT2D eigenvalue weighted by Crippen LogP contribution is -2.25. The number of carbonyl (C=O) groups is 1. The van der Waals surface area contributed by atoms with E-state index in [0.717, 1.165) is 17.7 Å². The standard InChI is InChI=1S/C14H13ClN4O2S/c1-9(20)19-6-3-10-7-11(15)13(8-12(10)19)22(21)18-14-16-4-2-5-17-14/h2,4-5,7-8H,3,6H2,1H3,(H,16,17,18). The highest BCUT2D eigenvalue weighted by Gasteiger charge is 2.25. The SMILES string of the molecule is CC(=O)N1CCc2cc(Cl)c(S(=O)Nc3ncccn3)cc21. The average Bonchev–Trinajstić information content (AvgIpc) is 2.90. The first-order chi connectivity index (χ1) is 10.6. The first-order valence-corrected chi connectivity index (χ1v) is 8.15. The Bertz CT molecular complexity index is 754. The zero-order valence-corrected chi connectivity index (χ0v) is 13.3. The lowest BCUT2D eigenvalue weighted by molar-refractivity contribution is -0.116. The van der Waals surface area contributed by atoms with E-state index < -0.39 is 11.0 Å². The molecule has 0 radical (unpaired) electrons. The summed E-state index contributed by atoms with van der Waals surface area (Å²) in [5, 5.41) is 0.394. The number of halogens is 1. The summed E-state index contributed by atoms with van der Waals surface area (Å²) in [5.41, 5.74) is 1.74. The number of hydrogen-bond acceptors (Lipinski definition) is 4. The number of nitrogens with one attached hydrogen (secondary N) is 1. The van der Waals surface area contributed by atoms with Crippen LogP contribution in [0.3, 0.4) is 0 Å². The molecule has 1 atom stereocenters. The van der Waals surface area contributed by atoms with Gasteiger partial charge in [0.1, 0.15) is 0 Å². The number of aromatic nitrogens is 2. The second kappa shape index (κ2) is 6.02. The maximum absolute atomic E-state index is 12.4. The molecule has 2 aromatic rings. The molecular weight excluding hydrogens is 324 g/mol. The second-order valence-electron chi connectivity index (χ2n) is 4.78. The van der Waals surface area contributed by atoms with Gasteiger partial charge in [-0.3, -0.25) is 9.52 Å². The molecule has 22 heavy (non-hydrogen) atoms. The monoisotopic (exact) mass is 336 g/mol. The van der Waals surface area contributed by atoms with E-state index >= 15 is 0 Å². The van der Waals surface area contributed by atoms with Gasteiger partial charge in [-0.2, -0.15) is 0 Å². The van der Waals surface area contributed by atoms with Crippen LogP contribution in [0.4, 0.5) is 11.6 Å². The van der Waals surface area contributed by atoms with Crippen LogP contribution in [0.25, 0.3) is 0 Å². The molecule has 3 rings (SSSR count). The molecule has 0 aliphatic carbocycles. The molecule has 8 heteroatoms. The summed E-state index contributed by atoms with van der Waals surface area (Å²) in [5.74, 6) is 0.206. The average molecular weight is 337 g/mol. The van der Waals surface area contributed by atoms with E-state index in [1.807, 2.05) is 0 Å². The van der Waals surface area contributed by atoms with Crippen LogP contribution in [0.15, 0.2) is 35.5 Å². The largest absolute Gasteiger partial charge is 0.312 e. The molecule has 1 aliphatic rings. The molecule has 6 nitrogen and oxygen atoms in total. The fraction of sp³-hybridized carbons (Fsp3) is 0.214. The maximum atomic E-state index is 12.4. The summed E-state index contributed by atoms with van der Waals surface area (Å²) in [6, 6.07) is 5.12. The first-order valence-electron chi connectivity index (χ1n) is 6.62. The van der Waals surface area contributed by atoms with Gasteiger partial charge in [0.15, 0.2) is 11.0 Å². The van der Waals surface area contributed by atoms with Gasteiger partial charge in [-0.05, 0) is 30.2 Å². The van der Waals surface area contributed by atoms with Crippen LogP contribution >= 0.6 is 11.6 Å². The molecule has 1 aliphatic heterocycles. The van der Waals surface area contributed by atoms with E-state index in [-0.39, 0.29) is 11.9 Å². The van der Waals surface area contributed by atoms with E-state index in [0.29, 0.717) is 16.5 Å². The topological polar surface area (TPSA) is 75.2 Å². The molecule has 1 aromatic carbocycles. The van der Waals surface area contributed by atoms with Gasteiger partial charge in [-0.25, -0.2) is 14.2 Å². The predicted octanol–water partition coefficient (Wildman–Crippen LogP) is 2.17. The zero-order chi connectivity index (χ0) is 15.7. The van der Waals surface area contributed by atoms with Crippen LogP contribution in [0.1, 0.15) is 12.5 Å². The Kier molecular flexibility index (Phi) is 4.08. The number of fused-ring (bicyclic) bond motifs is 1. The third kappa shape index (κ3) is 2.82. The quantitative estimate of drug-likeness (QED) is 0.932. The van der Waals surface area contributed by atoms with Gasteiger partial charge in [0.25, 0.3) is 0 Å². The van der Waals surface area contributed by atoms with E-state index in [2.05, 4.69) is 14.7 Å². The summed E-state index contributed by atoms with van der Waals surface area (Å²) < 4.78 is 15.1. The lowest BCUT2D eigenvalue weighted by atomic mass is 10.2. The molecule has 1 amide bonds. The highest BCUT2D eigenvalue weighted by molar-refractivity contribution is 7.86. The molecule has 2 heterocycles. The normalized spacial score (nSPS) is 14.5. The van der Waals surface area contributed by atoms with Crippen molar-refractivity contribution >= 4 is 40.1 Å². The van der Waals surface area contributed by atoms with Crippen molar-refractivity contribution in [3.8, 4) is 0 Å². The highest BCUT2D eigenvalue weighted by Crippen LogP contribution is 2.34. The van der Waals surface area contributed by atoms with Crippen molar-refractivity contribution < 1.29 is 9.00 Å². The first kappa shape index (κ1) is 14.9. The van der Waals surface area contributed by atoms with Crippen molar-refractivity contribution in [1.29, 1.82) is 0 Å². The van der Waals surface area contributed by atoms with Crippen LogP contribution in [0, 0.1) is 0 Å². The molecule has 1 unspecified atom stereocenters. The molecule has 1 N–H and O–H groups in total. The lowest BCUT2D eigenvalue weighted by Gasteiger charge is -2.16. The minimum Gasteiger partial charge on any atom is -0.312 e. The predicted molar refractivity (Wildman–Crippen MR) is 85.2 cm³/mol. The summed E-state index contributed by atoms with van der Waals surface area (Å²) in [6.45, 7) is 2.13. The Balaban J connectivity index is 1.93. The summed E-state index contributed by atoms with van der Waals surface area (Å²) in [7, 11) is -1.61. The van der Waals surface area contributed by atoms with Gasteiger partial charge < -0.3 is 4.90 Å². The fourth-order valence-corrected chi connectivity index (χ4v) is 3.58. The number of nitrogens with zero attached hydrogens (tertiary/aromatic N) is 3. The van der Waals surface area contributed by atoms with E-state index in [1.54, 1.807) is 35.5 Å². The molecule has 0 fully saturated rings. The smallest absolute Gasteiger partial charge is 0.234 e. The van der Waals surface area contributed by atoms with Gasteiger partial charge >= 0.3 is 0 Å². The summed E-state index contributed by atoms with van der Waals surface area (Å²) in [6.07, 6.45) is 3.85. The fourth-order valence-electron chi connectivity index (χ4n) is 2.35. The van der Waals surface area contributed by atoms with Gasteiger partial charge in [-0.1, -0.05) is 11.6 Å². The van der Waals surface area contributed by atoms with Crippen LogP contribution in [0.2, 0.25) is 5.02 Å². The summed E-state index contributed by atoms with van der Waals surface area (Å²) >= 11 is 6.22. The van der Waals surface area contributed by atoms with Crippen molar-refractivity contribution in [3.05, 3.63) is 41.2 Å². The zero-order valence-electron chi connectivity index (χ0n) is 11.7. The van der Waals surface area contributed by atoms with Crippen molar-refractivity contribution in [2.45, 2.75) is 18.2 Å². The number of benzene rings is 1. The van der Waals surface area contributed by atoms with Crippen molar-refractivity contribution in [2.75, 3.05) is 16.2 Å². The third-order valence-electron chi connectivity index (χ3n) is 3.36. The molecule has 1 aromatic heterocycles. The van der Waals surface area contributed by atoms with E-state index in [1.165, 1.54) is 6.92 Å².